The number of rotatable bonds is 15. The van der Waals surface area contributed by atoms with Crippen molar-refractivity contribution in [3.63, 3.8) is 0 Å². The molecule has 0 aliphatic carbocycles. The molecule has 0 aliphatic rings. The Labute approximate surface area is 722 Å². The number of nitrogens with zero attached hydrogens (tertiary/aromatic N) is 6. The van der Waals surface area contributed by atoms with Crippen LogP contribution in [0.3, 0.4) is 0 Å². The van der Waals surface area contributed by atoms with Crippen LogP contribution in [0, 0.1) is 181 Å². The molecule has 12 heteroatoms. The van der Waals surface area contributed by atoms with E-state index in [0.29, 0.717) is 66.8 Å². The van der Waals surface area contributed by atoms with Gasteiger partial charge in [0.1, 0.15) is 34.9 Å². The first kappa shape index (κ1) is 94.7. The molecule has 12 aromatic carbocycles. The first-order valence-electron chi connectivity index (χ1n) is 40.6. The highest BCUT2D eigenvalue weighted by Crippen LogP contribution is 2.20. The minimum Gasteiger partial charge on any atom is -0.206 e. The summed E-state index contributed by atoms with van der Waals surface area (Å²) in [6.45, 7) is 12.3. The van der Waals surface area contributed by atoms with Crippen molar-refractivity contribution in [1.82, 2.24) is 0 Å². The topological polar surface area (TPSA) is 143 Å². The van der Waals surface area contributed by atoms with Crippen LogP contribution in [0.5, 0.6) is 0 Å². The summed E-state index contributed by atoms with van der Waals surface area (Å²) >= 11 is 0. The van der Waals surface area contributed by atoms with Crippen molar-refractivity contribution in [1.29, 1.82) is 31.6 Å². The van der Waals surface area contributed by atoms with E-state index in [1.807, 2.05) is 68.5 Å². The fourth-order valence-electron chi connectivity index (χ4n) is 11.5. The second-order valence-electron chi connectivity index (χ2n) is 28.2. The Bertz CT molecular complexity index is 6210. The van der Waals surface area contributed by atoms with Crippen LogP contribution >= 0.6 is 0 Å². The van der Waals surface area contributed by atoms with Gasteiger partial charge >= 0.3 is 0 Å². The number of hydrogen-bond acceptors (Lipinski definition) is 6. The minimum atomic E-state index is -0.309. The summed E-state index contributed by atoms with van der Waals surface area (Å²) < 4.78 is 83.2. The molecule has 123 heavy (non-hydrogen) atoms. The Balaban J connectivity index is 0.000000203. The van der Waals surface area contributed by atoms with E-state index in [9.17, 15) is 26.3 Å². The monoisotopic (exact) mass is 1620 g/mol. The maximum absolute atomic E-state index is 14.1. The second kappa shape index (κ2) is 53.1. The van der Waals surface area contributed by atoms with Crippen LogP contribution in [0.1, 0.15) is 232 Å². The molecule has 12 aromatic rings. The predicted octanol–water partition coefficient (Wildman–Crippen LogP) is 25.6. The van der Waals surface area contributed by atoms with Crippen LogP contribution in [0.25, 0.3) is 0 Å². The van der Waals surface area contributed by atoms with Gasteiger partial charge in [0, 0.05) is 33.4 Å². The lowest BCUT2D eigenvalue weighted by Gasteiger charge is -2.02. The SMILES string of the molecule is CCCCCCc1ccc(C#Cc2ccc(C#N)cc2)c(F)c1.CCCCCc1ccc(C#Cc2ccc(C#N)cc2)c(F)c1.CCCCc1ccc(C#Cc2ccc(C#N)cc2)c(F)c1.CCCc1ccc(C#Cc2ccc(C#N)cc2)c(F)c1.CCc1ccc(C#Cc2ccc(C#N)cc2)c(F)c1.Cc1ccc(C#Cc2ccc(C#N)cc2)c(F)c1. The predicted molar refractivity (Wildman–Crippen MR) is 479 cm³/mol. The van der Waals surface area contributed by atoms with E-state index in [-0.39, 0.29) is 34.9 Å². The molecule has 0 aliphatic heterocycles. The molecule has 0 amide bonds. The van der Waals surface area contributed by atoms with Crippen molar-refractivity contribution >= 4 is 0 Å². The van der Waals surface area contributed by atoms with Gasteiger partial charge in [0.25, 0.3) is 0 Å². The number of halogens is 6. The summed E-state index contributed by atoms with van der Waals surface area (Å²) in [6.07, 6.45) is 15.7. The molecule has 0 heterocycles. The zero-order valence-corrected chi connectivity index (χ0v) is 69.8. The van der Waals surface area contributed by atoms with E-state index in [2.05, 4.69) is 117 Å². The standard InChI is InChI=1S/C21H20FN.C20H18FN.C19H16FN.C18H14FN.C17H12FN.C16H10FN/c1-2-3-4-5-6-18-12-14-20(21(22)15-18)13-11-17-7-9-19(16-23)10-8-17;1-2-3-4-5-17-11-13-19(20(21)14-17)12-10-16-6-8-18(15-22)9-7-16;1-2-3-4-16-10-12-18(19(20)13-16)11-9-15-5-7-17(14-21)8-6-15;1-2-3-15-9-11-17(18(19)12-15)10-8-14-4-6-16(13-20)7-5-14;1-2-13-7-9-16(17(18)11-13)10-8-14-3-5-15(12-19)6-4-14;1-12-2-8-15(16(17)10-12)9-7-13-3-5-14(11-18)6-4-13/h7-10,12,14-15H,2-6H2,1H3;6-9,11,13-14H,2-5H2,1H3;5-8,10,12-13H,2-4H2,1H3;4-7,9,11-12H,2-3H2,1H3;3-7,9,11H,2H2,1H3;2-6,8,10H,1H3. The molecule has 0 atom stereocenters. The number of nitriles is 6. The van der Waals surface area contributed by atoms with Gasteiger partial charge in [-0.2, -0.15) is 31.6 Å². The molecular weight excluding hydrogens is 1530 g/mol. The molecule has 0 N–H and O–H groups in total. The van der Waals surface area contributed by atoms with Gasteiger partial charge in [0.15, 0.2) is 0 Å². The average molecular weight is 1620 g/mol. The molecule has 0 saturated heterocycles. The molecule has 0 unspecified atom stereocenters. The largest absolute Gasteiger partial charge is 0.206 e. The highest BCUT2D eigenvalue weighted by atomic mass is 19.1. The van der Waals surface area contributed by atoms with Crippen LogP contribution in [0.15, 0.2) is 255 Å². The molecule has 606 valence electrons. The molecule has 0 bridgehead atoms. The molecular formula is C111H90F6N6. The van der Waals surface area contributed by atoms with E-state index < -0.39 is 0 Å². The van der Waals surface area contributed by atoms with Gasteiger partial charge in [-0.3, -0.25) is 0 Å². The summed E-state index contributed by atoms with van der Waals surface area (Å²) in [5, 5.41) is 52.3. The van der Waals surface area contributed by atoms with Crippen molar-refractivity contribution in [2.24, 2.45) is 0 Å². The summed E-state index contributed by atoms with van der Waals surface area (Å²) in [7, 11) is 0. The van der Waals surface area contributed by atoms with Gasteiger partial charge in [-0.05, 0) is 310 Å². The molecule has 0 aromatic heterocycles. The third kappa shape index (κ3) is 34.2. The number of hydrogen-bond donors (Lipinski definition) is 0. The maximum atomic E-state index is 14.1. The van der Waals surface area contributed by atoms with Gasteiger partial charge in [-0.25, -0.2) is 26.3 Å². The van der Waals surface area contributed by atoms with Crippen LogP contribution in [-0.2, 0) is 32.1 Å². The van der Waals surface area contributed by atoms with Crippen molar-refractivity contribution in [3.05, 3.63) is 423 Å². The molecule has 6 nitrogen and oxygen atoms in total. The fourth-order valence-corrected chi connectivity index (χ4v) is 11.5. The third-order valence-corrected chi connectivity index (χ3v) is 18.6. The van der Waals surface area contributed by atoms with Gasteiger partial charge in [-0.15, -0.1) is 0 Å². The Morgan fingerprint density at radius 3 is 0.626 bits per heavy atom. The molecule has 12 rings (SSSR count). The summed E-state index contributed by atoms with van der Waals surface area (Å²) in [4.78, 5) is 0. The smallest absolute Gasteiger partial charge is 0.139 e. The minimum absolute atomic E-state index is 0.265. The van der Waals surface area contributed by atoms with Crippen molar-refractivity contribution in [2.75, 3.05) is 0 Å². The normalized spacial score (nSPS) is 9.51. The molecule has 0 radical (unpaired) electrons. The first-order valence-corrected chi connectivity index (χ1v) is 40.6. The summed E-state index contributed by atoms with van der Waals surface area (Å²) in [5.74, 6) is 32.7. The lowest BCUT2D eigenvalue weighted by atomic mass is 10.0. The van der Waals surface area contributed by atoms with E-state index in [4.69, 9.17) is 31.6 Å². The Hall–Kier alpha value is -15.5. The van der Waals surface area contributed by atoms with E-state index in [1.165, 1.54) is 37.8 Å². The number of unbranched alkanes of at least 4 members (excludes halogenated alkanes) is 6. The lowest BCUT2D eigenvalue weighted by Crippen LogP contribution is -1.90. The number of benzene rings is 12. The van der Waals surface area contributed by atoms with E-state index >= 15 is 0 Å². The Morgan fingerprint density at radius 1 is 0.195 bits per heavy atom. The van der Waals surface area contributed by atoms with Crippen LogP contribution in [0.4, 0.5) is 26.3 Å². The maximum Gasteiger partial charge on any atom is 0.139 e. The second-order valence-corrected chi connectivity index (χ2v) is 28.2. The molecule has 0 spiro atoms. The highest BCUT2D eigenvalue weighted by molar-refractivity contribution is 5.53. The third-order valence-electron chi connectivity index (χ3n) is 18.6. The highest BCUT2D eigenvalue weighted by Gasteiger charge is 2.08. The summed E-state index contributed by atoms with van der Waals surface area (Å²) in [5.41, 5.74) is 16.4. The van der Waals surface area contributed by atoms with Crippen LogP contribution in [0.2, 0.25) is 0 Å². The van der Waals surface area contributed by atoms with Crippen molar-refractivity contribution in [2.45, 2.75) is 138 Å². The number of aryl methyl sites for hydroxylation is 6. The van der Waals surface area contributed by atoms with Crippen LogP contribution < -0.4 is 0 Å². The summed E-state index contributed by atoms with van der Waals surface area (Å²) in [6, 6.07) is 84.8. The van der Waals surface area contributed by atoms with Crippen molar-refractivity contribution in [3.8, 4) is 107 Å². The van der Waals surface area contributed by atoms with Gasteiger partial charge in [0.05, 0.1) is 103 Å². The average Bonchev–Trinajstić information content (AvgIpc) is 0.885. The Morgan fingerprint density at radius 2 is 0.398 bits per heavy atom. The first-order chi connectivity index (χ1) is 59.8. The van der Waals surface area contributed by atoms with Gasteiger partial charge in [-0.1, -0.05) is 187 Å². The quantitative estimate of drug-likeness (QED) is 0.0568. The van der Waals surface area contributed by atoms with E-state index in [1.54, 1.807) is 206 Å². The zero-order valence-electron chi connectivity index (χ0n) is 69.8. The molecule has 0 saturated carbocycles. The van der Waals surface area contributed by atoms with Crippen LogP contribution in [-0.4, -0.2) is 0 Å². The lowest BCUT2D eigenvalue weighted by molar-refractivity contribution is 0.618. The van der Waals surface area contributed by atoms with E-state index in [0.717, 1.165) is 137 Å². The van der Waals surface area contributed by atoms with Gasteiger partial charge in [0.2, 0.25) is 0 Å². The Kier molecular flexibility index (Phi) is 40.8. The van der Waals surface area contributed by atoms with Gasteiger partial charge < -0.3 is 0 Å². The molecule has 0 fully saturated rings. The fraction of sp³-hybridized carbons (Fsp3) is 0.189. The van der Waals surface area contributed by atoms with Crippen molar-refractivity contribution < 1.29 is 26.3 Å². The zero-order chi connectivity index (χ0) is 88.4.